The number of aliphatic hydroxyl groups excluding tert-OH is 1. The Labute approximate surface area is 127 Å². The monoisotopic (exact) mass is 286 g/mol. The van der Waals surface area contributed by atoms with Crippen molar-refractivity contribution in [3.8, 4) is 5.75 Å². The van der Waals surface area contributed by atoms with E-state index in [-0.39, 0.29) is 11.5 Å². The van der Waals surface area contributed by atoms with Crippen LogP contribution in [0.25, 0.3) is 0 Å². The zero-order chi connectivity index (χ0) is 14.8. The third-order valence-corrected chi connectivity index (χ3v) is 7.12. The van der Waals surface area contributed by atoms with Gasteiger partial charge in [0.05, 0.1) is 6.10 Å². The second kappa shape index (κ2) is 4.49. The molecule has 0 heterocycles. The minimum Gasteiger partial charge on any atom is -0.508 e. The summed E-state index contributed by atoms with van der Waals surface area (Å²) in [5.74, 6) is 2.52. The Morgan fingerprint density at radius 3 is 2.76 bits per heavy atom. The van der Waals surface area contributed by atoms with Crippen molar-refractivity contribution in [1.82, 2.24) is 0 Å². The van der Waals surface area contributed by atoms with Crippen molar-refractivity contribution >= 4 is 0 Å². The molecular weight excluding hydrogens is 260 g/mol. The fraction of sp³-hybridized carbons (Fsp3) is 0.684. The minimum atomic E-state index is -0.0913. The molecule has 4 rings (SSSR count). The molecule has 0 bridgehead atoms. The second-order valence-electron chi connectivity index (χ2n) is 7.83. The van der Waals surface area contributed by atoms with E-state index in [1.165, 1.54) is 30.4 Å². The number of phenols is 1. The predicted molar refractivity (Wildman–Crippen MR) is 83.5 cm³/mol. The predicted octanol–water partition coefficient (Wildman–Crippen LogP) is 3.92. The first-order chi connectivity index (χ1) is 10.0. The Morgan fingerprint density at radius 2 is 1.95 bits per heavy atom. The molecule has 0 unspecified atom stereocenters. The lowest BCUT2D eigenvalue weighted by Crippen LogP contribution is -2.44. The van der Waals surface area contributed by atoms with Crippen molar-refractivity contribution < 1.29 is 10.2 Å². The van der Waals surface area contributed by atoms with Crippen LogP contribution in [0.4, 0.5) is 0 Å². The number of phenolic OH excluding ortho intramolecular Hbond substituents is 1. The van der Waals surface area contributed by atoms with Gasteiger partial charge in [0.25, 0.3) is 0 Å². The van der Waals surface area contributed by atoms with E-state index in [2.05, 4.69) is 19.9 Å². The maximum absolute atomic E-state index is 10.4. The second-order valence-corrected chi connectivity index (χ2v) is 7.83. The Kier molecular flexibility index (Phi) is 2.91. The summed E-state index contributed by atoms with van der Waals surface area (Å²) in [4.78, 5) is 0. The normalized spacial score (nSPS) is 41.3. The van der Waals surface area contributed by atoms with E-state index in [0.717, 1.165) is 30.7 Å². The van der Waals surface area contributed by atoms with Crippen LogP contribution in [0.5, 0.6) is 5.75 Å². The standard InChI is InChI=1S/C19H26O2/c1-11-12-3-4-15-14(13(12)5-7-17(11)20)9-10-19(2)16(15)6-8-18(19)21/h5,7,14-16,18,20-21H,3-4,6,8-10H2,1-2H3/t14-,15-,16+,18-,19+/m1/s1. The average molecular weight is 286 g/mol. The number of aliphatic hydroxyl groups is 1. The van der Waals surface area contributed by atoms with Crippen LogP contribution in [0.3, 0.4) is 0 Å². The zero-order valence-electron chi connectivity index (χ0n) is 13.1. The first kappa shape index (κ1) is 13.6. The van der Waals surface area contributed by atoms with E-state index in [1.807, 2.05) is 6.07 Å². The van der Waals surface area contributed by atoms with Gasteiger partial charge in [-0.3, -0.25) is 0 Å². The maximum atomic E-state index is 10.4. The zero-order valence-corrected chi connectivity index (χ0v) is 13.1. The van der Waals surface area contributed by atoms with Crippen molar-refractivity contribution in [3.05, 3.63) is 28.8 Å². The molecule has 3 aliphatic carbocycles. The fourth-order valence-electron chi connectivity index (χ4n) is 5.80. The molecule has 21 heavy (non-hydrogen) atoms. The van der Waals surface area contributed by atoms with Gasteiger partial charge < -0.3 is 10.2 Å². The molecule has 0 spiro atoms. The molecule has 0 amide bonds. The highest BCUT2D eigenvalue weighted by Crippen LogP contribution is 2.61. The summed E-state index contributed by atoms with van der Waals surface area (Å²) in [7, 11) is 0. The summed E-state index contributed by atoms with van der Waals surface area (Å²) >= 11 is 0. The molecule has 114 valence electrons. The summed E-state index contributed by atoms with van der Waals surface area (Å²) in [5.41, 5.74) is 4.14. The quantitative estimate of drug-likeness (QED) is 0.759. The lowest BCUT2D eigenvalue weighted by Gasteiger charge is -2.50. The number of benzene rings is 1. The summed E-state index contributed by atoms with van der Waals surface area (Å²) in [6.45, 7) is 4.38. The van der Waals surface area contributed by atoms with Gasteiger partial charge in [0.1, 0.15) is 5.75 Å². The number of fused-ring (bicyclic) bond motifs is 5. The highest BCUT2D eigenvalue weighted by molar-refractivity contribution is 5.47. The number of rotatable bonds is 0. The molecule has 2 N–H and O–H groups in total. The van der Waals surface area contributed by atoms with Gasteiger partial charge in [0, 0.05) is 0 Å². The van der Waals surface area contributed by atoms with Gasteiger partial charge in [-0.2, -0.15) is 0 Å². The first-order valence-electron chi connectivity index (χ1n) is 8.52. The van der Waals surface area contributed by atoms with Crippen LogP contribution in [0.2, 0.25) is 0 Å². The van der Waals surface area contributed by atoms with E-state index in [0.29, 0.717) is 17.6 Å². The van der Waals surface area contributed by atoms with E-state index in [4.69, 9.17) is 0 Å². The SMILES string of the molecule is Cc1c(O)ccc2c1CC[C@@H]1[C@@H]2CC[C@]2(C)[C@H](O)CC[C@@H]12. The molecule has 1 aromatic carbocycles. The van der Waals surface area contributed by atoms with Gasteiger partial charge in [-0.1, -0.05) is 13.0 Å². The van der Waals surface area contributed by atoms with Gasteiger partial charge in [-0.15, -0.1) is 0 Å². The van der Waals surface area contributed by atoms with Crippen LogP contribution >= 0.6 is 0 Å². The average Bonchev–Trinajstić information content (AvgIpc) is 2.78. The smallest absolute Gasteiger partial charge is 0.118 e. The summed E-state index contributed by atoms with van der Waals surface area (Å²) in [6.07, 6.45) is 6.78. The summed E-state index contributed by atoms with van der Waals surface area (Å²) < 4.78 is 0. The van der Waals surface area contributed by atoms with Crippen LogP contribution < -0.4 is 0 Å². The van der Waals surface area contributed by atoms with Crippen molar-refractivity contribution in [2.45, 2.75) is 64.4 Å². The molecule has 3 aliphatic rings. The largest absolute Gasteiger partial charge is 0.508 e. The maximum Gasteiger partial charge on any atom is 0.118 e. The van der Waals surface area contributed by atoms with Crippen molar-refractivity contribution in [2.75, 3.05) is 0 Å². The van der Waals surface area contributed by atoms with E-state index >= 15 is 0 Å². The molecule has 0 saturated heterocycles. The molecule has 2 fully saturated rings. The van der Waals surface area contributed by atoms with Gasteiger partial charge in [-0.05, 0) is 91.4 Å². The van der Waals surface area contributed by atoms with Crippen LogP contribution in [0.15, 0.2) is 12.1 Å². The molecule has 5 atom stereocenters. The molecule has 0 radical (unpaired) electrons. The third kappa shape index (κ3) is 1.75. The molecule has 1 aromatic rings. The van der Waals surface area contributed by atoms with Crippen molar-refractivity contribution in [1.29, 1.82) is 0 Å². The van der Waals surface area contributed by atoms with E-state index in [9.17, 15) is 10.2 Å². The van der Waals surface area contributed by atoms with E-state index in [1.54, 1.807) is 0 Å². The molecule has 0 aromatic heterocycles. The molecular formula is C19H26O2. The molecule has 2 saturated carbocycles. The number of hydrogen-bond donors (Lipinski definition) is 2. The summed E-state index contributed by atoms with van der Waals surface area (Å²) in [5, 5.41) is 20.4. The molecule has 2 heteroatoms. The van der Waals surface area contributed by atoms with Crippen molar-refractivity contribution in [3.63, 3.8) is 0 Å². The number of aromatic hydroxyl groups is 1. The van der Waals surface area contributed by atoms with Gasteiger partial charge >= 0.3 is 0 Å². The van der Waals surface area contributed by atoms with Crippen molar-refractivity contribution in [2.24, 2.45) is 17.3 Å². The van der Waals surface area contributed by atoms with Crippen LogP contribution in [-0.4, -0.2) is 16.3 Å². The minimum absolute atomic E-state index is 0.0913. The molecule has 0 aliphatic heterocycles. The topological polar surface area (TPSA) is 40.5 Å². The summed E-state index contributed by atoms with van der Waals surface area (Å²) in [6, 6.07) is 4.05. The number of hydrogen-bond acceptors (Lipinski definition) is 2. The lowest BCUT2D eigenvalue weighted by atomic mass is 9.55. The van der Waals surface area contributed by atoms with Crippen LogP contribution in [0, 0.1) is 24.2 Å². The van der Waals surface area contributed by atoms with Crippen LogP contribution in [-0.2, 0) is 6.42 Å². The highest BCUT2D eigenvalue weighted by atomic mass is 16.3. The molecule has 2 nitrogen and oxygen atoms in total. The Morgan fingerprint density at radius 1 is 1.14 bits per heavy atom. The third-order valence-electron chi connectivity index (χ3n) is 7.12. The lowest BCUT2D eigenvalue weighted by molar-refractivity contribution is -0.0226. The first-order valence-corrected chi connectivity index (χ1v) is 8.52. The Balaban J connectivity index is 1.74. The van der Waals surface area contributed by atoms with E-state index < -0.39 is 0 Å². The van der Waals surface area contributed by atoms with Gasteiger partial charge in [-0.25, -0.2) is 0 Å². The highest BCUT2D eigenvalue weighted by Gasteiger charge is 2.54. The van der Waals surface area contributed by atoms with Gasteiger partial charge in [0.15, 0.2) is 0 Å². The Bertz CT molecular complexity index is 579. The van der Waals surface area contributed by atoms with Gasteiger partial charge in [0.2, 0.25) is 0 Å². The fourth-order valence-corrected chi connectivity index (χ4v) is 5.80. The Hall–Kier alpha value is -1.02. The van der Waals surface area contributed by atoms with Crippen LogP contribution in [0.1, 0.15) is 61.6 Å².